The summed E-state index contributed by atoms with van der Waals surface area (Å²) in [6.07, 6.45) is 5.10. The SMILES string of the molecule is CCOC(=O)C1CNCCN1CC1(O)CCCCC1. The van der Waals surface area contributed by atoms with Crippen LogP contribution in [0.2, 0.25) is 0 Å². The Morgan fingerprint density at radius 3 is 2.84 bits per heavy atom. The first-order valence-electron chi connectivity index (χ1n) is 7.48. The molecule has 1 aliphatic heterocycles. The van der Waals surface area contributed by atoms with Crippen molar-refractivity contribution in [3.63, 3.8) is 0 Å². The second-order valence-electron chi connectivity index (χ2n) is 5.73. The zero-order chi connectivity index (χ0) is 13.7. The molecule has 0 aromatic rings. The molecule has 1 atom stereocenters. The van der Waals surface area contributed by atoms with Gasteiger partial charge in [-0.25, -0.2) is 0 Å². The first-order valence-corrected chi connectivity index (χ1v) is 7.48. The van der Waals surface area contributed by atoms with Crippen LogP contribution < -0.4 is 5.32 Å². The number of hydrogen-bond donors (Lipinski definition) is 2. The van der Waals surface area contributed by atoms with Gasteiger partial charge in [-0.2, -0.15) is 0 Å². The fourth-order valence-electron chi connectivity index (χ4n) is 3.15. The number of carbonyl (C=O) groups is 1. The van der Waals surface area contributed by atoms with Crippen molar-refractivity contribution in [2.75, 3.05) is 32.8 Å². The monoisotopic (exact) mass is 270 g/mol. The topological polar surface area (TPSA) is 61.8 Å². The van der Waals surface area contributed by atoms with Crippen molar-refractivity contribution in [2.45, 2.75) is 50.7 Å². The van der Waals surface area contributed by atoms with Crippen LogP contribution in [0.15, 0.2) is 0 Å². The van der Waals surface area contributed by atoms with Crippen LogP contribution in [-0.2, 0) is 9.53 Å². The lowest BCUT2D eigenvalue weighted by molar-refractivity contribution is -0.152. The van der Waals surface area contributed by atoms with E-state index in [1.165, 1.54) is 6.42 Å². The van der Waals surface area contributed by atoms with Crippen molar-refractivity contribution < 1.29 is 14.6 Å². The van der Waals surface area contributed by atoms with Gasteiger partial charge in [0, 0.05) is 26.2 Å². The predicted octanol–water partition coefficient (Wildman–Crippen LogP) is 0.519. The molecule has 1 saturated carbocycles. The summed E-state index contributed by atoms with van der Waals surface area (Å²) < 4.78 is 5.13. The van der Waals surface area contributed by atoms with Gasteiger partial charge in [0.1, 0.15) is 6.04 Å². The largest absolute Gasteiger partial charge is 0.465 e. The Morgan fingerprint density at radius 1 is 1.42 bits per heavy atom. The first-order chi connectivity index (χ1) is 9.14. The second-order valence-corrected chi connectivity index (χ2v) is 5.73. The van der Waals surface area contributed by atoms with Gasteiger partial charge in [-0.05, 0) is 19.8 Å². The van der Waals surface area contributed by atoms with Crippen molar-refractivity contribution in [3.05, 3.63) is 0 Å². The van der Waals surface area contributed by atoms with Crippen LogP contribution in [0, 0.1) is 0 Å². The van der Waals surface area contributed by atoms with Gasteiger partial charge in [-0.1, -0.05) is 19.3 Å². The summed E-state index contributed by atoms with van der Waals surface area (Å²) in [4.78, 5) is 14.1. The van der Waals surface area contributed by atoms with E-state index in [1.807, 2.05) is 6.92 Å². The molecular formula is C14H26N2O3. The third-order valence-electron chi connectivity index (χ3n) is 4.19. The van der Waals surface area contributed by atoms with Crippen LogP contribution in [0.4, 0.5) is 0 Å². The van der Waals surface area contributed by atoms with E-state index in [0.717, 1.165) is 38.8 Å². The van der Waals surface area contributed by atoms with Gasteiger partial charge in [0.2, 0.25) is 0 Å². The number of carbonyl (C=O) groups excluding carboxylic acids is 1. The van der Waals surface area contributed by atoms with Crippen molar-refractivity contribution in [3.8, 4) is 0 Å². The molecule has 2 aliphatic rings. The van der Waals surface area contributed by atoms with E-state index < -0.39 is 5.60 Å². The minimum atomic E-state index is -0.611. The van der Waals surface area contributed by atoms with E-state index >= 15 is 0 Å². The number of aliphatic hydroxyl groups is 1. The number of piperazine rings is 1. The van der Waals surface area contributed by atoms with Gasteiger partial charge in [-0.15, -0.1) is 0 Å². The van der Waals surface area contributed by atoms with Gasteiger partial charge >= 0.3 is 5.97 Å². The molecule has 5 heteroatoms. The average molecular weight is 270 g/mol. The van der Waals surface area contributed by atoms with E-state index in [0.29, 0.717) is 19.7 Å². The maximum Gasteiger partial charge on any atom is 0.324 e. The van der Waals surface area contributed by atoms with E-state index in [9.17, 15) is 9.90 Å². The third-order valence-corrected chi connectivity index (χ3v) is 4.19. The minimum Gasteiger partial charge on any atom is -0.465 e. The fraction of sp³-hybridized carbons (Fsp3) is 0.929. The molecular weight excluding hydrogens is 244 g/mol. The van der Waals surface area contributed by atoms with Crippen LogP contribution in [0.25, 0.3) is 0 Å². The quantitative estimate of drug-likeness (QED) is 0.729. The Kier molecular flexibility index (Phi) is 5.19. The molecule has 110 valence electrons. The molecule has 1 unspecified atom stereocenters. The number of rotatable bonds is 4. The van der Waals surface area contributed by atoms with E-state index in [-0.39, 0.29) is 12.0 Å². The van der Waals surface area contributed by atoms with Crippen molar-refractivity contribution in [1.82, 2.24) is 10.2 Å². The summed E-state index contributed by atoms with van der Waals surface area (Å²) in [7, 11) is 0. The highest BCUT2D eigenvalue weighted by Gasteiger charge is 2.37. The molecule has 2 rings (SSSR count). The number of nitrogens with zero attached hydrogens (tertiary/aromatic N) is 1. The highest BCUT2D eigenvalue weighted by Crippen LogP contribution is 2.29. The molecule has 2 N–H and O–H groups in total. The van der Waals surface area contributed by atoms with Gasteiger partial charge in [0.05, 0.1) is 12.2 Å². The van der Waals surface area contributed by atoms with Crippen LogP contribution in [0.5, 0.6) is 0 Å². The number of hydrogen-bond acceptors (Lipinski definition) is 5. The average Bonchev–Trinajstić information content (AvgIpc) is 2.40. The summed E-state index contributed by atoms with van der Waals surface area (Å²) in [5, 5.41) is 13.9. The molecule has 0 bridgehead atoms. The first kappa shape index (κ1) is 14.8. The molecule has 5 nitrogen and oxygen atoms in total. The third kappa shape index (κ3) is 3.91. The minimum absolute atomic E-state index is 0.172. The molecule has 0 amide bonds. The maximum atomic E-state index is 12.0. The molecule has 0 spiro atoms. The Bertz CT molecular complexity index is 303. The van der Waals surface area contributed by atoms with Crippen molar-refractivity contribution in [1.29, 1.82) is 0 Å². The van der Waals surface area contributed by atoms with Gasteiger partial charge in [0.25, 0.3) is 0 Å². The maximum absolute atomic E-state index is 12.0. The molecule has 0 radical (unpaired) electrons. The molecule has 1 aliphatic carbocycles. The highest BCUT2D eigenvalue weighted by molar-refractivity contribution is 5.76. The lowest BCUT2D eigenvalue weighted by atomic mass is 9.84. The Labute approximate surface area is 115 Å². The van der Waals surface area contributed by atoms with Crippen LogP contribution in [0.3, 0.4) is 0 Å². The molecule has 19 heavy (non-hydrogen) atoms. The smallest absolute Gasteiger partial charge is 0.324 e. The lowest BCUT2D eigenvalue weighted by Crippen LogP contribution is -2.59. The number of ether oxygens (including phenoxy) is 1. The summed E-state index contributed by atoms with van der Waals surface area (Å²) in [5.74, 6) is -0.172. The van der Waals surface area contributed by atoms with Crippen LogP contribution in [0.1, 0.15) is 39.0 Å². The fourth-order valence-corrected chi connectivity index (χ4v) is 3.15. The van der Waals surface area contributed by atoms with E-state index in [4.69, 9.17) is 4.74 Å². The predicted molar refractivity (Wildman–Crippen MR) is 72.9 cm³/mol. The second kappa shape index (κ2) is 6.68. The Balaban J connectivity index is 1.96. The van der Waals surface area contributed by atoms with Gasteiger partial charge < -0.3 is 15.2 Å². The zero-order valence-corrected chi connectivity index (χ0v) is 11.9. The van der Waals surface area contributed by atoms with Crippen LogP contribution in [-0.4, -0.2) is 60.4 Å². The standard InChI is InChI=1S/C14H26N2O3/c1-2-19-13(17)12-10-15-8-9-16(12)11-14(18)6-4-3-5-7-14/h12,15,18H,2-11H2,1H3. The summed E-state index contributed by atoms with van der Waals surface area (Å²) in [6, 6.07) is -0.250. The summed E-state index contributed by atoms with van der Waals surface area (Å²) in [6.45, 7) is 5.12. The van der Waals surface area contributed by atoms with Gasteiger partial charge in [0.15, 0.2) is 0 Å². The molecule has 0 aromatic heterocycles. The Morgan fingerprint density at radius 2 is 2.16 bits per heavy atom. The summed E-state index contributed by atoms with van der Waals surface area (Å²) >= 11 is 0. The van der Waals surface area contributed by atoms with Crippen molar-refractivity contribution in [2.24, 2.45) is 0 Å². The summed E-state index contributed by atoms with van der Waals surface area (Å²) in [5.41, 5.74) is -0.611. The van der Waals surface area contributed by atoms with Crippen molar-refractivity contribution >= 4 is 5.97 Å². The molecule has 0 aromatic carbocycles. The lowest BCUT2D eigenvalue weighted by Gasteiger charge is -2.41. The van der Waals surface area contributed by atoms with E-state index in [2.05, 4.69) is 10.2 Å². The number of esters is 1. The number of nitrogens with one attached hydrogen (secondary N) is 1. The number of β-amino-alcohol motifs (C(OH)–C–C–N with tert-alkyl or cyclic N) is 1. The normalized spacial score (nSPS) is 28.0. The highest BCUT2D eigenvalue weighted by atomic mass is 16.5. The molecule has 1 saturated heterocycles. The van der Waals surface area contributed by atoms with Crippen LogP contribution >= 0.6 is 0 Å². The Hall–Kier alpha value is -0.650. The zero-order valence-electron chi connectivity index (χ0n) is 11.9. The molecule has 2 fully saturated rings. The van der Waals surface area contributed by atoms with Gasteiger partial charge in [-0.3, -0.25) is 9.69 Å². The van der Waals surface area contributed by atoms with E-state index in [1.54, 1.807) is 0 Å². The molecule has 1 heterocycles.